The molecule has 0 aliphatic carbocycles. The number of hydrogen-bond acceptors (Lipinski definition) is 4. The molecule has 1 spiro atoms. The third-order valence-electron chi connectivity index (χ3n) is 6.85. The fraction of sp³-hybridized carbons (Fsp3) is 0.357. The lowest BCUT2D eigenvalue weighted by Crippen LogP contribution is -2.49. The molecule has 0 atom stereocenters. The molecule has 2 aliphatic rings. The van der Waals surface area contributed by atoms with Crippen LogP contribution in [-0.2, 0) is 16.1 Å². The summed E-state index contributed by atoms with van der Waals surface area (Å²) in [5, 5.41) is 0.682. The van der Waals surface area contributed by atoms with Crippen LogP contribution in [0.15, 0.2) is 66.7 Å². The number of piperidine rings is 1. The summed E-state index contributed by atoms with van der Waals surface area (Å²) >= 11 is 6.13. The first kappa shape index (κ1) is 24.2. The highest BCUT2D eigenvalue weighted by Gasteiger charge is 2.38. The molecule has 3 aromatic rings. The van der Waals surface area contributed by atoms with Crippen molar-refractivity contribution in [1.82, 2.24) is 4.90 Å². The summed E-state index contributed by atoms with van der Waals surface area (Å²) in [6, 6.07) is 18.2. The Morgan fingerprint density at radius 3 is 2.17 bits per heavy atom. The average molecular weight is 500 g/mol. The molecule has 0 radical (unpaired) electrons. The van der Waals surface area contributed by atoms with Crippen LogP contribution in [-0.4, -0.2) is 43.3 Å². The highest BCUT2D eigenvalue weighted by molar-refractivity contribution is 6.30. The molecule has 0 amide bonds. The maximum atomic E-state index is 13.4. The molecular weight excluding hydrogens is 472 g/mol. The number of fused-ring (bicyclic) bond motifs is 1. The van der Waals surface area contributed by atoms with Gasteiger partial charge in [0.1, 0.15) is 35.7 Å². The first-order valence-electron chi connectivity index (χ1n) is 11.9. The summed E-state index contributed by atoms with van der Waals surface area (Å²) in [5.74, 6) is 0.240. The molecule has 5 rings (SSSR count). The fourth-order valence-corrected chi connectivity index (χ4v) is 4.91. The molecule has 184 valence electrons. The second-order valence-corrected chi connectivity index (χ2v) is 9.64. The number of nitrogens with zero attached hydrogens (tertiary/aromatic N) is 1. The van der Waals surface area contributed by atoms with Crippen molar-refractivity contribution in [2.45, 2.75) is 31.2 Å². The predicted molar refractivity (Wildman–Crippen MR) is 131 cm³/mol. The second-order valence-electron chi connectivity index (χ2n) is 9.21. The largest absolute Gasteiger partial charge is 0.490 e. The van der Waals surface area contributed by atoms with E-state index in [2.05, 4.69) is 4.90 Å². The SMILES string of the molecule is Fc1ccc(C(OCCN2CCC3(CC2)COc2ccc(Cl)cc2CO3)c2ccc(F)cc2)cc1. The standard InChI is InChI=1S/C28H28ClF2NO3/c29-23-5-10-26-22(17-23)18-35-28(19-34-26)11-13-32(14-12-28)15-16-33-27(20-1-6-24(30)7-2-20)21-3-8-25(31)9-4-21/h1-10,17,27H,11-16,18-19H2. The third-order valence-corrected chi connectivity index (χ3v) is 7.09. The zero-order valence-electron chi connectivity index (χ0n) is 19.4. The van der Waals surface area contributed by atoms with Crippen LogP contribution < -0.4 is 4.74 Å². The summed E-state index contributed by atoms with van der Waals surface area (Å²) in [6.45, 7) is 4.03. The lowest BCUT2D eigenvalue weighted by atomic mass is 9.92. The monoisotopic (exact) mass is 499 g/mol. The Labute approximate surface area is 209 Å². The molecule has 2 aliphatic heterocycles. The number of likely N-dealkylation sites (tertiary alicyclic amines) is 1. The third kappa shape index (κ3) is 5.84. The Kier molecular flexibility index (Phi) is 7.35. The van der Waals surface area contributed by atoms with Gasteiger partial charge in [-0.3, -0.25) is 0 Å². The zero-order valence-corrected chi connectivity index (χ0v) is 20.1. The highest BCUT2D eigenvalue weighted by Crippen LogP contribution is 2.35. The van der Waals surface area contributed by atoms with Crippen molar-refractivity contribution in [3.8, 4) is 5.75 Å². The molecule has 1 saturated heterocycles. The Balaban J connectivity index is 1.16. The minimum atomic E-state index is -0.392. The molecule has 7 heteroatoms. The van der Waals surface area contributed by atoms with Gasteiger partial charge in [0.15, 0.2) is 0 Å². The van der Waals surface area contributed by atoms with E-state index in [1.54, 1.807) is 24.3 Å². The number of benzene rings is 3. The van der Waals surface area contributed by atoms with E-state index in [0.29, 0.717) is 24.8 Å². The number of ether oxygens (including phenoxy) is 3. The topological polar surface area (TPSA) is 30.9 Å². The predicted octanol–water partition coefficient (Wildman–Crippen LogP) is 6.17. The van der Waals surface area contributed by atoms with Crippen LogP contribution in [0.25, 0.3) is 0 Å². The van der Waals surface area contributed by atoms with Gasteiger partial charge in [0, 0.05) is 30.2 Å². The first-order chi connectivity index (χ1) is 17.0. The van der Waals surface area contributed by atoms with Crippen LogP contribution in [0.2, 0.25) is 5.02 Å². The highest BCUT2D eigenvalue weighted by atomic mass is 35.5. The van der Waals surface area contributed by atoms with Crippen molar-refractivity contribution in [2.24, 2.45) is 0 Å². The van der Waals surface area contributed by atoms with Gasteiger partial charge in [-0.1, -0.05) is 35.9 Å². The van der Waals surface area contributed by atoms with Gasteiger partial charge in [0.2, 0.25) is 0 Å². The van der Waals surface area contributed by atoms with Gasteiger partial charge in [-0.05, 0) is 66.4 Å². The van der Waals surface area contributed by atoms with Crippen molar-refractivity contribution >= 4 is 11.6 Å². The summed E-state index contributed by atoms with van der Waals surface area (Å²) in [7, 11) is 0. The normalized spacial score (nSPS) is 17.7. The Morgan fingerprint density at radius 1 is 0.914 bits per heavy atom. The number of halogens is 3. The molecule has 4 nitrogen and oxygen atoms in total. The molecule has 2 heterocycles. The molecule has 35 heavy (non-hydrogen) atoms. The molecular formula is C28H28ClF2NO3. The van der Waals surface area contributed by atoms with E-state index < -0.39 is 6.10 Å². The van der Waals surface area contributed by atoms with E-state index >= 15 is 0 Å². The van der Waals surface area contributed by atoms with Crippen molar-refractivity contribution in [3.05, 3.63) is 100 Å². The van der Waals surface area contributed by atoms with Crippen LogP contribution in [0.5, 0.6) is 5.75 Å². The summed E-state index contributed by atoms with van der Waals surface area (Å²) < 4.78 is 45.6. The molecule has 0 aromatic heterocycles. The van der Waals surface area contributed by atoms with Crippen molar-refractivity contribution in [1.29, 1.82) is 0 Å². The molecule has 0 saturated carbocycles. The second kappa shape index (κ2) is 10.6. The van der Waals surface area contributed by atoms with Crippen LogP contribution in [0.1, 0.15) is 35.6 Å². The average Bonchev–Trinajstić information content (AvgIpc) is 3.04. The minimum Gasteiger partial charge on any atom is -0.490 e. The van der Waals surface area contributed by atoms with Gasteiger partial charge < -0.3 is 19.1 Å². The van der Waals surface area contributed by atoms with E-state index in [4.69, 9.17) is 25.8 Å². The summed E-state index contributed by atoms with van der Waals surface area (Å²) in [6.07, 6.45) is 1.35. The molecule has 3 aromatic carbocycles. The van der Waals surface area contributed by atoms with E-state index in [1.807, 2.05) is 18.2 Å². The maximum absolute atomic E-state index is 13.4. The van der Waals surface area contributed by atoms with Crippen molar-refractivity contribution in [3.63, 3.8) is 0 Å². The summed E-state index contributed by atoms with van der Waals surface area (Å²) in [4.78, 5) is 2.36. The fourth-order valence-electron chi connectivity index (χ4n) is 4.72. The van der Waals surface area contributed by atoms with E-state index in [1.165, 1.54) is 24.3 Å². The van der Waals surface area contributed by atoms with Crippen LogP contribution in [0, 0.1) is 11.6 Å². The van der Waals surface area contributed by atoms with Gasteiger partial charge in [0.25, 0.3) is 0 Å². The molecule has 1 fully saturated rings. The maximum Gasteiger partial charge on any atom is 0.125 e. The van der Waals surface area contributed by atoms with Gasteiger partial charge in [-0.15, -0.1) is 0 Å². The molecule has 0 unspecified atom stereocenters. The molecule has 0 bridgehead atoms. The Morgan fingerprint density at radius 2 is 1.54 bits per heavy atom. The zero-order chi connectivity index (χ0) is 24.3. The van der Waals surface area contributed by atoms with Crippen LogP contribution in [0.3, 0.4) is 0 Å². The van der Waals surface area contributed by atoms with Crippen LogP contribution in [0.4, 0.5) is 8.78 Å². The smallest absolute Gasteiger partial charge is 0.125 e. The van der Waals surface area contributed by atoms with Crippen molar-refractivity contribution < 1.29 is 23.0 Å². The Hall–Kier alpha value is -2.51. The van der Waals surface area contributed by atoms with E-state index in [0.717, 1.165) is 54.9 Å². The minimum absolute atomic E-state index is 0.298. The lowest BCUT2D eigenvalue weighted by Gasteiger charge is -2.40. The number of rotatable bonds is 6. The van der Waals surface area contributed by atoms with E-state index in [9.17, 15) is 8.78 Å². The van der Waals surface area contributed by atoms with E-state index in [-0.39, 0.29) is 17.2 Å². The van der Waals surface area contributed by atoms with Gasteiger partial charge >= 0.3 is 0 Å². The lowest BCUT2D eigenvalue weighted by molar-refractivity contribution is -0.108. The Bertz CT molecular complexity index is 1090. The quantitative estimate of drug-likeness (QED) is 0.406. The van der Waals surface area contributed by atoms with Gasteiger partial charge in [-0.2, -0.15) is 0 Å². The van der Waals surface area contributed by atoms with Gasteiger partial charge in [0.05, 0.1) is 13.2 Å². The first-order valence-corrected chi connectivity index (χ1v) is 12.3. The number of hydrogen-bond donors (Lipinski definition) is 0. The van der Waals surface area contributed by atoms with Gasteiger partial charge in [-0.25, -0.2) is 8.78 Å². The van der Waals surface area contributed by atoms with Crippen molar-refractivity contribution in [2.75, 3.05) is 32.8 Å². The summed E-state index contributed by atoms with van der Waals surface area (Å²) in [5.41, 5.74) is 2.35. The molecule has 0 N–H and O–H groups in total. The van der Waals surface area contributed by atoms with Crippen LogP contribution >= 0.6 is 11.6 Å².